The van der Waals surface area contributed by atoms with Crippen LogP contribution in [0.15, 0.2) is 17.0 Å². The average Bonchev–Trinajstić information content (AvgIpc) is 3.17. The van der Waals surface area contributed by atoms with Gasteiger partial charge in [-0.1, -0.05) is 18.3 Å². The maximum atomic E-state index is 11.7. The maximum absolute atomic E-state index is 11.7. The van der Waals surface area contributed by atoms with E-state index in [1.165, 1.54) is 24.6 Å². The van der Waals surface area contributed by atoms with Gasteiger partial charge >= 0.3 is 36.3 Å². The molecule has 1 saturated carbocycles. The van der Waals surface area contributed by atoms with Crippen LogP contribution in [0.1, 0.15) is 41.1 Å². The van der Waals surface area contributed by atoms with E-state index in [1.807, 2.05) is 6.07 Å². The third-order valence-corrected chi connectivity index (χ3v) is 6.34. The topological polar surface area (TPSA) is 93.1 Å². The third-order valence-electron chi connectivity index (χ3n) is 5.31. The molecular formula is C16H20BNNaO5S-. The number of carbonyl (C=O) groups is 1. The van der Waals surface area contributed by atoms with Crippen molar-refractivity contribution in [3.63, 3.8) is 0 Å². The van der Waals surface area contributed by atoms with Gasteiger partial charge in [-0.3, -0.25) is 0 Å². The summed E-state index contributed by atoms with van der Waals surface area (Å²) in [5, 5.41) is 31.7. The molecule has 130 valence electrons. The van der Waals surface area contributed by atoms with Crippen LogP contribution in [0.3, 0.4) is 0 Å². The normalized spacial score (nSPS) is 26.2. The number of thioether (sulfide) groups is 1. The zero-order valence-corrected chi connectivity index (χ0v) is 17.1. The first-order valence-corrected chi connectivity index (χ1v) is 9.47. The van der Waals surface area contributed by atoms with E-state index in [0.717, 1.165) is 31.0 Å². The van der Waals surface area contributed by atoms with Crippen LogP contribution in [0, 0.1) is 0 Å². The van der Waals surface area contributed by atoms with Crippen molar-refractivity contribution in [3.05, 3.63) is 23.3 Å². The molecule has 2 heterocycles. The summed E-state index contributed by atoms with van der Waals surface area (Å²) in [5.74, 6) is -0.808. The van der Waals surface area contributed by atoms with Crippen molar-refractivity contribution in [2.45, 2.75) is 35.9 Å². The fraction of sp³-hybridized carbons (Fsp3) is 0.562. The summed E-state index contributed by atoms with van der Waals surface area (Å²) in [6, 6.07) is 3.65. The Morgan fingerprint density at radius 1 is 1.36 bits per heavy atom. The maximum Gasteiger partial charge on any atom is 1.00 e. The van der Waals surface area contributed by atoms with Crippen LogP contribution in [0.4, 0.5) is 0 Å². The van der Waals surface area contributed by atoms with Gasteiger partial charge in [0.25, 0.3) is 0 Å². The molecule has 2 fully saturated rings. The van der Waals surface area contributed by atoms with E-state index >= 15 is 0 Å². The van der Waals surface area contributed by atoms with Crippen LogP contribution in [-0.4, -0.2) is 53.1 Å². The van der Waals surface area contributed by atoms with Crippen molar-refractivity contribution in [1.29, 1.82) is 0 Å². The molecule has 1 aromatic rings. The largest absolute Gasteiger partial charge is 1.00 e. The van der Waals surface area contributed by atoms with Crippen molar-refractivity contribution >= 4 is 24.5 Å². The molecular weight excluding hydrogens is 352 g/mol. The molecule has 0 amide bonds. The monoisotopic (exact) mass is 372 g/mol. The van der Waals surface area contributed by atoms with Crippen LogP contribution in [0.2, 0.25) is 5.82 Å². The number of hydrogen-bond acceptors (Lipinski definition) is 7. The van der Waals surface area contributed by atoms with Gasteiger partial charge in [-0.15, -0.1) is 11.8 Å². The van der Waals surface area contributed by atoms with Gasteiger partial charge in [0, 0.05) is 22.8 Å². The minimum absolute atomic E-state index is 0. The molecule has 2 N–H and O–H groups in total. The molecule has 9 heteroatoms. The van der Waals surface area contributed by atoms with Crippen LogP contribution in [0.25, 0.3) is 0 Å². The molecule has 2 aliphatic heterocycles. The number of aromatic carboxylic acids is 1. The van der Waals surface area contributed by atoms with E-state index in [4.69, 9.17) is 4.65 Å². The van der Waals surface area contributed by atoms with Gasteiger partial charge in [0.05, 0.1) is 11.7 Å². The predicted molar refractivity (Wildman–Crippen MR) is 89.1 cm³/mol. The van der Waals surface area contributed by atoms with E-state index in [0.29, 0.717) is 11.3 Å². The van der Waals surface area contributed by atoms with E-state index in [1.54, 1.807) is 6.07 Å². The minimum Gasteiger partial charge on any atom is -0.669 e. The number of nitrogens with zero attached hydrogens (tertiary/aromatic N) is 1. The van der Waals surface area contributed by atoms with Gasteiger partial charge in [0.2, 0.25) is 0 Å². The second-order valence-corrected chi connectivity index (χ2v) is 8.06. The Hall–Kier alpha value is -0.215. The van der Waals surface area contributed by atoms with Crippen molar-refractivity contribution in [2.75, 3.05) is 25.4 Å². The van der Waals surface area contributed by atoms with Crippen LogP contribution in [-0.2, 0) is 0 Å². The first-order chi connectivity index (χ1) is 11.5. The Kier molecular flexibility index (Phi) is 5.80. The minimum atomic E-state index is -2.98. The van der Waals surface area contributed by atoms with Crippen LogP contribution >= 0.6 is 11.8 Å². The summed E-state index contributed by atoms with van der Waals surface area (Å²) < 4.78 is 5.32. The van der Waals surface area contributed by atoms with Crippen molar-refractivity contribution in [1.82, 2.24) is 4.90 Å². The zero-order chi connectivity index (χ0) is 16.9. The van der Waals surface area contributed by atoms with E-state index in [-0.39, 0.29) is 52.6 Å². The molecule has 0 radical (unpaired) electrons. The number of benzene rings is 1. The second-order valence-electron chi connectivity index (χ2n) is 6.93. The Balaban J connectivity index is 0.00000182. The molecule has 4 rings (SSSR count). The standard InChI is InChI=1S/C16H21BNO5S.Na/c19-16(20)14-13(24-8-7-18-5-1-2-6-18)4-3-10-11-9-12(11)17(21,22)23-15(10)14;/h3-4,11-12,21-22H,1-2,5-9H2,(H,19,20);/q-1;+1/p-1/t11-,12-;/m1./s1. The first-order valence-electron chi connectivity index (χ1n) is 8.49. The van der Waals surface area contributed by atoms with E-state index in [2.05, 4.69) is 4.90 Å². The number of rotatable bonds is 5. The number of likely N-dealkylation sites (tertiary alicyclic amines) is 1. The first kappa shape index (κ1) is 19.5. The number of carboxylic acids is 1. The number of fused-ring (bicyclic) bond motifs is 3. The molecule has 1 aliphatic carbocycles. The SMILES string of the molecule is O=C([O-])c1c(SCCN2CCCC2)ccc2c1O[B-](O)(O)[C@@H]1C[C@H]21.[Na+]. The van der Waals surface area contributed by atoms with E-state index in [9.17, 15) is 19.9 Å². The molecule has 0 aromatic heterocycles. The quantitative estimate of drug-likeness (QED) is 0.433. The van der Waals surface area contributed by atoms with Gasteiger partial charge in [-0.2, -0.15) is 0 Å². The summed E-state index contributed by atoms with van der Waals surface area (Å²) in [6.45, 7) is 0.129. The van der Waals surface area contributed by atoms with Gasteiger partial charge in [0.1, 0.15) is 0 Å². The van der Waals surface area contributed by atoms with E-state index < -0.39 is 12.7 Å². The molecule has 0 unspecified atom stereocenters. The number of carbonyl (C=O) groups excluding carboxylic acids is 1. The van der Waals surface area contributed by atoms with Gasteiger partial charge in [0.15, 0.2) is 0 Å². The van der Waals surface area contributed by atoms with Gasteiger partial charge in [-0.25, -0.2) is 0 Å². The average molecular weight is 372 g/mol. The summed E-state index contributed by atoms with van der Waals surface area (Å²) in [4.78, 5) is 14.6. The van der Waals surface area contributed by atoms with Crippen molar-refractivity contribution < 1.29 is 54.2 Å². The summed E-state index contributed by atoms with van der Waals surface area (Å²) in [6.07, 6.45) is 3.07. The smallest absolute Gasteiger partial charge is 0.669 e. The second kappa shape index (κ2) is 7.42. The Morgan fingerprint density at radius 3 is 2.76 bits per heavy atom. The Bertz CT molecular complexity index is 683. The fourth-order valence-corrected chi connectivity index (χ4v) is 4.97. The fourth-order valence-electron chi connectivity index (χ4n) is 3.92. The molecule has 6 nitrogen and oxygen atoms in total. The molecule has 3 aliphatic rings. The Morgan fingerprint density at radius 2 is 2.08 bits per heavy atom. The predicted octanol–water partition coefficient (Wildman–Crippen LogP) is -2.58. The van der Waals surface area contributed by atoms with Crippen LogP contribution < -0.4 is 39.3 Å². The number of hydrogen-bond donors (Lipinski definition) is 2. The molecule has 2 atom stereocenters. The zero-order valence-electron chi connectivity index (χ0n) is 14.3. The summed E-state index contributed by atoms with van der Waals surface area (Å²) in [7, 11) is 0. The molecule has 1 saturated heterocycles. The Labute approximate surface area is 173 Å². The number of carboxylic acid groups (broad SMARTS) is 1. The van der Waals surface area contributed by atoms with Gasteiger partial charge < -0.3 is 29.5 Å². The molecule has 0 spiro atoms. The van der Waals surface area contributed by atoms with Crippen molar-refractivity contribution in [2.24, 2.45) is 0 Å². The summed E-state index contributed by atoms with van der Waals surface area (Å²) in [5.41, 5.74) is 0.710. The molecule has 25 heavy (non-hydrogen) atoms. The van der Waals surface area contributed by atoms with Gasteiger partial charge in [-0.05, 0) is 43.5 Å². The summed E-state index contributed by atoms with van der Waals surface area (Å²) >= 11 is 1.45. The molecule has 1 aromatic carbocycles. The molecule has 0 bridgehead atoms. The van der Waals surface area contributed by atoms with Crippen LogP contribution in [0.5, 0.6) is 5.75 Å². The van der Waals surface area contributed by atoms with Crippen molar-refractivity contribution in [3.8, 4) is 5.75 Å². The third kappa shape index (κ3) is 3.76.